The summed E-state index contributed by atoms with van der Waals surface area (Å²) in [5, 5.41) is 18.7. The van der Waals surface area contributed by atoms with Crippen LogP contribution in [0.25, 0.3) is 6.08 Å². The van der Waals surface area contributed by atoms with Crippen molar-refractivity contribution >= 4 is 52.6 Å². The summed E-state index contributed by atoms with van der Waals surface area (Å²) in [5.41, 5.74) is 2.38. The molecule has 0 fully saturated rings. The molecule has 3 amide bonds. The van der Waals surface area contributed by atoms with E-state index in [4.69, 9.17) is 0 Å². The number of rotatable bonds is 11. The molecule has 0 heterocycles. The molecule has 0 aliphatic heterocycles. The predicted molar refractivity (Wildman–Crippen MR) is 185 cm³/mol. The minimum Gasteiger partial charge on any atom is -0.325 e. The number of nitro benzene ring substituents is 1. The third-order valence-corrected chi connectivity index (χ3v) is 8.39. The highest BCUT2D eigenvalue weighted by Gasteiger charge is 2.23. The molecule has 0 aliphatic rings. The first kappa shape index (κ1) is 33.3. The molecule has 5 aromatic carbocycles. The van der Waals surface area contributed by atoms with Gasteiger partial charge in [-0.25, -0.2) is 4.39 Å². The first-order chi connectivity index (χ1) is 23.2. The van der Waals surface area contributed by atoms with E-state index in [1.165, 1.54) is 54.2 Å². The van der Waals surface area contributed by atoms with Crippen molar-refractivity contribution in [2.24, 2.45) is 0 Å². The van der Waals surface area contributed by atoms with Gasteiger partial charge in [0.25, 0.3) is 17.5 Å². The zero-order valence-electron chi connectivity index (χ0n) is 25.6. The molecule has 1 atom stereocenters. The number of hydrogen-bond donors (Lipinski definition) is 3. The van der Waals surface area contributed by atoms with Gasteiger partial charge in [0.05, 0.1) is 4.92 Å². The first-order valence-corrected chi connectivity index (χ1v) is 15.6. The van der Waals surface area contributed by atoms with Gasteiger partial charge in [0, 0.05) is 39.5 Å². The second-order valence-corrected chi connectivity index (χ2v) is 11.7. The molecule has 0 aliphatic carbocycles. The molecule has 48 heavy (non-hydrogen) atoms. The van der Waals surface area contributed by atoms with Crippen LogP contribution in [0.5, 0.6) is 0 Å². The number of thioether (sulfide) groups is 1. The Morgan fingerprint density at radius 2 is 1.46 bits per heavy atom. The normalized spacial score (nSPS) is 11.7. The number of aryl methyl sites for hydroxylation is 1. The van der Waals surface area contributed by atoms with Crippen molar-refractivity contribution in [2.45, 2.75) is 17.1 Å². The van der Waals surface area contributed by atoms with E-state index in [1.807, 2.05) is 30.3 Å². The summed E-state index contributed by atoms with van der Waals surface area (Å²) in [4.78, 5) is 51.2. The lowest BCUT2D eigenvalue weighted by atomic mass is 10.1. The van der Waals surface area contributed by atoms with E-state index in [2.05, 4.69) is 16.0 Å². The number of halogens is 1. The fourth-order valence-electron chi connectivity index (χ4n) is 4.64. The topological polar surface area (TPSA) is 130 Å². The minimum absolute atomic E-state index is 0.0694. The van der Waals surface area contributed by atoms with E-state index in [0.29, 0.717) is 22.5 Å². The number of carbonyl (C=O) groups excluding carboxylic acids is 3. The third kappa shape index (κ3) is 8.59. The summed E-state index contributed by atoms with van der Waals surface area (Å²) in [6.07, 6.45) is 1.27. The molecule has 240 valence electrons. The van der Waals surface area contributed by atoms with Gasteiger partial charge in [-0.3, -0.25) is 24.5 Å². The minimum atomic E-state index is -0.676. The second kappa shape index (κ2) is 15.5. The van der Waals surface area contributed by atoms with E-state index < -0.39 is 27.8 Å². The van der Waals surface area contributed by atoms with Gasteiger partial charge in [0.1, 0.15) is 16.8 Å². The molecule has 3 N–H and O–H groups in total. The van der Waals surface area contributed by atoms with Crippen molar-refractivity contribution in [2.75, 3.05) is 10.6 Å². The number of benzene rings is 5. The highest BCUT2D eigenvalue weighted by Crippen LogP contribution is 2.37. The van der Waals surface area contributed by atoms with Crippen molar-refractivity contribution in [1.82, 2.24) is 5.32 Å². The summed E-state index contributed by atoms with van der Waals surface area (Å²) >= 11 is 1.28. The number of amides is 3. The van der Waals surface area contributed by atoms with Crippen molar-refractivity contribution in [3.63, 3.8) is 0 Å². The molecule has 0 bridgehead atoms. The van der Waals surface area contributed by atoms with Crippen LogP contribution < -0.4 is 16.0 Å². The summed E-state index contributed by atoms with van der Waals surface area (Å²) in [7, 11) is 0. The van der Waals surface area contributed by atoms with Crippen LogP contribution in [0.2, 0.25) is 0 Å². The Labute approximate surface area is 280 Å². The molecule has 5 aromatic rings. The molecule has 11 heteroatoms. The van der Waals surface area contributed by atoms with E-state index in [1.54, 1.807) is 67.6 Å². The smallest absolute Gasteiger partial charge is 0.272 e. The van der Waals surface area contributed by atoms with E-state index in [9.17, 15) is 28.9 Å². The Morgan fingerprint density at radius 3 is 2.10 bits per heavy atom. The Balaban J connectivity index is 1.33. The average molecular weight is 661 g/mol. The van der Waals surface area contributed by atoms with Gasteiger partial charge >= 0.3 is 0 Å². The maximum atomic E-state index is 14.5. The molecule has 9 nitrogen and oxygen atoms in total. The molecule has 0 saturated carbocycles. The van der Waals surface area contributed by atoms with E-state index in [0.717, 1.165) is 10.5 Å². The number of hydrogen-bond acceptors (Lipinski definition) is 6. The van der Waals surface area contributed by atoms with Gasteiger partial charge in [-0.15, -0.1) is 11.8 Å². The molecule has 0 spiro atoms. The lowest BCUT2D eigenvalue weighted by molar-refractivity contribution is -0.384. The number of nitrogens with zero attached hydrogens (tertiary/aromatic N) is 1. The SMILES string of the molecule is Cc1cc([N+](=O)[O-])ccc1NC(=O)C(Sc1ccc(NC(=O)/C(=C/c2ccccc2F)NC(=O)c2ccccc2)cc1)c1ccccc1. The van der Waals surface area contributed by atoms with Crippen molar-refractivity contribution in [3.05, 3.63) is 171 Å². The maximum absolute atomic E-state index is 14.5. The Morgan fingerprint density at radius 1 is 0.812 bits per heavy atom. The Bertz CT molecular complexity index is 1990. The Hall–Kier alpha value is -6.07. The number of nitro groups is 1. The largest absolute Gasteiger partial charge is 0.325 e. The molecule has 1 unspecified atom stereocenters. The fraction of sp³-hybridized carbons (Fsp3) is 0.0541. The molecular weight excluding hydrogens is 631 g/mol. The number of anilines is 2. The van der Waals surface area contributed by atoms with Crippen LogP contribution in [0.3, 0.4) is 0 Å². The lowest BCUT2D eigenvalue weighted by Crippen LogP contribution is -2.30. The molecule has 0 aromatic heterocycles. The summed E-state index contributed by atoms with van der Waals surface area (Å²) in [6, 6.07) is 34.4. The van der Waals surface area contributed by atoms with Crippen molar-refractivity contribution in [3.8, 4) is 0 Å². The van der Waals surface area contributed by atoms with E-state index >= 15 is 0 Å². The summed E-state index contributed by atoms with van der Waals surface area (Å²) < 4.78 is 14.5. The Kier molecular flexibility index (Phi) is 10.7. The van der Waals surface area contributed by atoms with Gasteiger partial charge in [0.15, 0.2) is 0 Å². The average Bonchev–Trinajstić information content (AvgIpc) is 3.10. The van der Waals surface area contributed by atoms with Crippen molar-refractivity contribution < 1.29 is 23.7 Å². The molecule has 5 rings (SSSR count). The monoisotopic (exact) mass is 660 g/mol. The zero-order valence-corrected chi connectivity index (χ0v) is 26.4. The van der Waals surface area contributed by atoms with Crippen LogP contribution in [0, 0.1) is 22.9 Å². The van der Waals surface area contributed by atoms with Crippen LogP contribution in [-0.2, 0) is 9.59 Å². The first-order valence-electron chi connectivity index (χ1n) is 14.7. The van der Waals surface area contributed by atoms with Crippen LogP contribution in [0.4, 0.5) is 21.5 Å². The van der Waals surface area contributed by atoms with Gasteiger partial charge in [-0.2, -0.15) is 0 Å². The number of carbonyl (C=O) groups is 3. The maximum Gasteiger partial charge on any atom is 0.272 e. The highest BCUT2D eigenvalue weighted by atomic mass is 32.2. The van der Waals surface area contributed by atoms with Gasteiger partial charge in [-0.1, -0.05) is 66.7 Å². The standard InChI is InChI=1S/C37H29FN4O5S/c1-24-22-29(42(46)47)18-21-32(24)40-37(45)34(25-10-4-2-5-11-25)48-30-19-16-28(17-20-30)39-36(44)33(23-27-14-8-9-15-31(27)38)41-35(43)26-12-6-3-7-13-26/h2-23,34H,1H3,(H,39,44)(H,40,45)(H,41,43)/b33-23-. The highest BCUT2D eigenvalue weighted by molar-refractivity contribution is 8.00. The van der Waals surface area contributed by atoms with Crippen LogP contribution in [-0.4, -0.2) is 22.6 Å². The fourth-order valence-corrected chi connectivity index (χ4v) is 5.67. The third-order valence-electron chi connectivity index (χ3n) is 7.12. The van der Waals surface area contributed by atoms with Crippen LogP contribution in [0.1, 0.15) is 32.3 Å². The summed E-state index contributed by atoms with van der Waals surface area (Å²) in [6.45, 7) is 1.68. The molecule has 0 radical (unpaired) electrons. The van der Waals surface area contributed by atoms with Gasteiger partial charge < -0.3 is 16.0 Å². The second-order valence-electron chi connectivity index (χ2n) is 10.5. The van der Waals surface area contributed by atoms with Crippen LogP contribution in [0.15, 0.2) is 138 Å². The molecular formula is C37H29FN4O5S. The number of nitrogens with one attached hydrogen (secondary N) is 3. The quantitative estimate of drug-likeness (QED) is 0.0571. The zero-order chi connectivity index (χ0) is 34.0. The van der Waals surface area contributed by atoms with Crippen molar-refractivity contribution in [1.29, 1.82) is 0 Å². The molecule has 0 saturated heterocycles. The van der Waals surface area contributed by atoms with Gasteiger partial charge in [-0.05, 0) is 72.7 Å². The van der Waals surface area contributed by atoms with Gasteiger partial charge in [0.2, 0.25) is 5.91 Å². The lowest BCUT2D eigenvalue weighted by Gasteiger charge is -2.18. The van der Waals surface area contributed by atoms with E-state index in [-0.39, 0.29) is 22.9 Å². The predicted octanol–water partition coefficient (Wildman–Crippen LogP) is 7.92. The number of non-ortho nitro benzene ring substituents is 1. The summed E-state index contributed by atoms with van der Waals surface area (Å²) in [5.74, 6) is -2.08. The van der Waals surface area contributed by atoms with Crippen LogP contribution >= 0.6 is 11.8 Å².